The Hall–Kier alpha value is -1.92. The Labute approximate surface area is 129 Å². The van der Waals surface area contributed by atoms with Crippen LogP contribution in [0.4, 0.5) is 0 Å². The van der Waals surface area contributed by atoms with Gasteiger partial charge in [0.25, 0.3) is 0 Å². The van der Waals surface area contributed by atoms with Crippen molar-refractivity contribution < 1.29 is 9.47 Å². The van der Waals surface area contributed by atoms with E-state index in [0.29, 0.717) is 6.61 Å². The second kappa shape index (κ2) is 5.70. The number of hydrogen-bond acceptors (Lipinski definition) is 5. The molecule has 116 valence electrons. The predicted molar refractivity (Wildman–Crippen MR) is 80.7 cm³/mol. The molecule has 0 radical (unpaired) electrons. The number of ether oxygens (including phenoxy) is 2. The molecular weight excluding hydrogens is 280 g/mol. The molecule has 22 heavy (non-hydrogen) atoms. The summed E-state index contributed by atoms with van der Waals surface area (Å²) in [4.78, 5) is 2.40. The Bertz CT molecular complexity index is 664. The predicted octanol–water partition coefficient (Wildman–Crippen LogP) is 1.61. The summed E-state index contributed by atoms with van der Waals surface area (Å²) in [7, 11) is 0. The van der Waals surface area contributed by atoms with E-state index in [2.05, 4.69) is 32.7 Å². The molecule has 1 saturated heterocycles. The summed E-state index contributed by atoms with van der Waals surface area (Å²) in [6, 6.07) is 8.40. The van der Waals surface area contributed by atoms with Crippen LogP contribution in [0.25, 0.3) is 0 Å². The molecule has 0 spiro atoms. The minimum absolute atomic E-state index is 0.232. The van der Waals surface area contributed by atoms with Crippen molar-refractivity contribution >= 4 is 0 Å². The fraction of sp³-hybridized carbons (Fsp3) is 0.500. The molecule has 6 heteroatoms. The lowest BCUT2D eigenvalue weighted by molar-refractivity contribution is 0.0175. The summed E-state index contributed by atoms with van der Waals surface area (Å²) in [5.41, 5.74) is 1.18. The third-order valence-corrected chi connectivity index (χ3v) is 4.48. The van der Waals surface area contributed by atoms with Crippen molar-refractivity contribution in [1.29, 1.82) is 0 Å². The van der Waals surface area contributed by atoms with Gasteiger partial charge < -0.3 is 14.0 Å². The summed E-state index contributed by atoms with van der Waals surface area (Å²) in [5, 5.41) is 8.78. The van der Waals surface area contributed by atoms with E-state index in [1.807, 2.05) is 18.2 Å². The SMILES string of the molecule is CC(c1nnc2n1Cc1ccccc1OC2)N1CCOCC1. The first kappa shape index (κ1) is 13.7. The van der Waals surface area contributed by atoms with Crippen molar-refractivity contribution in [2.24, 2.45) is 0 Å². The number of aromatic nitrogens is 3. The maximum Gasteiger partial charge on any atom is 0.171 e. The number of para-hydroxylation sites is 1. The zero-order chi connectivity index (χ0) is 14.9. The van der Waals surface area contributed by atoms with Crippen LogP contribution in [0.2, 0.25) is 0 Å². The molecule has 2 aliphatic rings. The standard InChI is InChI=1S/C16H20N4O2/c1-12(19-6-8-21-9-7-19)16-18-17-15-11-22-14-5-3-2-4-13(14)10-20(15)16/h2-5,12H,6-11H2,1H3. The highest BCUT2D eigenvalue weighted by atomic mass is 16.5. The van der Waals surface area contributed by atoms with E-state index in [4.69, 9.17) is 9.47 Å². The van der Waals surface area contributed by atoms with Gasteiger partial charge in [-0.1, -0.05) is 18.2 Å². The van der Waals surface area contributed by atoms with Gasteiger partial charge in [-0.05, 0) is 13.0 Å². The summed E-state index contributed by atoms with van der Waals surface area (Å²) in [5.74, 6) is 2.85. The summed E-state index contributed by atoms with van der Waals surface area (Å²) in [6.45, 7) is 6.89. The largest absolute Gasteiger partial charge is 0.485 e. The van der Waals surface area contributed by atoms with Gasteiger partial charge in [-0.25, -0.2) is 0 Å². The highest BCUT2D eigenvalue weighted by molar-refractivity contribution is 5.35. The first-order valence-electron chi connectivity index (χ1n) is 7.77. The lowest BCUT2D eigenvalue weighted by Gasteiger charge is -2.31. The minimum atomic E-state index is 0.232. The van der Waals surface area contributed by atoms with Crippen molar-refractivity contribution in [2.75, 3.05) is 26.3 Å². The summed E-state index contributed by atoms with van der Waals surface area (Å²) in [6.07, 6.45) is 0. The van der Waals surface area contributed by atoms with Gasteiger partial charge in [0.1, 0.15) is 12.4 Å². The van der Waals surface area contributed by atoms with Crippen LogP contribution in [0, 0.1) is 0 Å². The summed E-state index contributed by atoms with van der Waals surface area (Å²) >= 11 is 0. The van der Waals surface area contributed by atoms with Gasteiger partial charge >= 0.3 is 0 Å². The molecule has 3 heterocycles. The van der Waals surface area contributed by atoms with Crippen LogP contribution in [0.15, 0.2) is 24.3 Å². The smallest absolute Gasteiger partial charge is 0.171 e. The van der Waals surface area contributed by atoms with Gasteiger partial charge in [0, 0.05) is 18.7 Å². The van der Waals surface area contributed by atoms with Crippen LogP contribution in [-0.2, 0) is 17.9 Å². The van der Waals surface area contributed by atoms with E-state index in [-0.39, 0.29) is 6.04 Å². The maximum atomic E-state index is 5.86. The van der Waals surface area contributed by atoms with Gasteiger partial charge in [0.2, 0.25) is 0 Å². The first-order chi connectivity index (χ1) is 10.8. The maximum absolute atomic E-state index is 5.86. The lowest BCUT2D eigenvalue weighted by Crippen LogP contribution is -2.39. The highest BCUT2D eigenvalue weighted by Gasteiger charge is 2.26. The zero-order valence-corrected chi connectivity index (χ0v) is 12.7. The van der Waals surface area contributed by atoms with Crippen molar-refractivity contribution in [3.63, 3.8) is 0 Å². The molecule has 4 rings (SSSR count). The Balaban J connectivity index is 1.65. The molecule has 0 amide bonds. The first-order valence-corrected chi connectivity index (χ1v) is 7.77. The molecule has 1 aromatic heterocycles. The van der Waals surface area contributed by atoms with Crippen LogP contribution < -0.4 is 4.74 Å². The van der Waals surface area contributed by atoms with Crippen LogP contribution in [0.1, 0.15) is 30.2 Å². The molecule has 2 aliphatic heterocycles. The molecule has 0 aliphatic carbocycles. The average Bonchev–Trinajstić information content (AvgIpc) is 2.87. The molecule has 0 saturated carbocycles. The summed E-state index contributed by atoms with van der Waals surface area (Å²) < 4.78 is 13.5. The van der Waals surface area contributed by atoms with E-state index in [0.717, 1.165) is 50.2 Å². The molecule has 0 bridgehead atoms. The number of fused-ring (bicyclic) bond motifs is 2. The zero-order valence-electron chi connectivity index (χ0n) is 12.7. The molecular formula is C16H20N4O2. The van der Waals surface area contributed by atoms with Crippen molar-refractivity contribution in [3.8, 4) is 5.75 Å². The number of rotatable bonds is 2. The van der Waals surface area contributed by atoms with Crippen molar-refractivity contribution in [2.45, 2.75) is 26.1 Å². The Morgan fingerprint density at radius 2 is 1.95 bits per heavy atom. The minimum Gasteiger partial charge on any atom is -0.485 e. The van der Waals surface area contributed by atoms with E-state index in [1.165, 1.54) is 5.56 Å². The number of hydrogen-bond donors (Lipinski definition) is 0. The number of benzene rings is 1. The second-order valence-corrected chi connectivity index (χ2v) is 5.78. The molecule has 0 N–H and O–H groups in total. The van der Waals surface area contributed by atoms with E-state index in [9.17, 15) is 0 Å². The van der Waals surface area contributed by atoms with Gasteiger partial charge in [-0.2, -0.15) is 0 Å². The van der Waals surface area contributed by atoms with Crippen molar-refractivity contribution in [1.82, 2.24) is 19.7 Å². The van der Waals surface area contributed by atoms with E-state index in [1.54, 1.807) is 0 Å². The third kappa shape index (κ3) is 2.38. The third-order valence-electron chi connectivity index (χ3n) is 4.48. The van der Waals surface area contributed by atoms with Gasteiger partial charge in [-0.3, -0.25) is 4.90 Å². The fourth-order valence-corrected chi connectivity index (χ4v) is 3.15. The lowest BCUT2D eigenvalue weighted by atomic mass is 10.2. The average molecular weight is 300 g/mol. The number of morpholine rings is 1. The molecule has 1 fully saturated rings. The Morgan fingerprint density at radius 3 is 2.82 bits per heavy atom. The van der Waals surface area contributed by atoms with Crippen LogP contribution in [-0.4, -0.2) is 46.0 Å². The molecule has 1 atom stereocenters. The monoisotopic (exact) mass is 300 g/mol. The van der Waals surface area contributed by atoms with E-state index < -0.39 is 0 Å². The van der Waals surface area contributed by atoms with Crippen LogP contribution in [0.5, 0.6) is 5.75 Å². The number of nitrogens with zero attached hydrogens (tertiary/aromatic N) is 4. The second-order valence-electron chi connectivity index (χ2n) is 5.78. The highest BCUT2D eigenvalue weighted by Crippen LogP contribution is 2.27. The molecule has 1 unspecified atom stereocenters. The van der Waals surface area contributed by atoms with Crippen LogP contribution >= 0.6 is 0 Å². The molecule has 1 aromatic carbocycles. The fourth-order valence-electron chi connectivity index (χ4n) is 3.15. The van der Waals surface area contributed by atoms with Gasteiger partial charge in [0.15, 0.2) is 11.6 Å². The van der Waals surface area contributed by atoms with Gasteiger partial charge in [-0.15, -0.1) is 10.2 Å². The normalized spacial score (nSPS) is 19.7. The van der Waals surface area contributed by atoms with Crippen molar-refractivity contribution in [3.05, 3.63) is 41.5 Å². The van der Waals surface area contributed by atoms with E-state index >= 15 is 0 Å². The topological polar surface area (TPSA) is 52.4 Å². The Morgan fingerprint density at radius 1 is 1.14 bits per heavy atom. The van der Waals surface area contributed by atoms with Gasteiger partial charge in [0.05, 0.1) is 25.8 Å². The molecule has 2 aromatic rings. The van der Waals surface area contributed by atoms with Crippen LogP contribution in [0.3, 0.4) is 0 Å². The Kier molecular flexibility index (Phi) is 3.56. The molecule has 6 nitrogen and oxygen atoms in total. The quantitative estimate of drug-likeness (QED) is 0.843.